The molecule has 0 unspecified atom stereocenters. The van der Waals surface area contributed by atoms with E-state index in [1.807, 2.05) is 12.1 Å². The number of carbonyl (C=O) groups is 1. The molecule has 42 heavy (non-hydrogen) atoms. The van der Waals surface area contributed by atoms with Crippen molar-refractivity contribution in [1.82, 2.24) is 20.2 Å². The number of thiophene rings is 1. The Morgan fingerprint density at radius 3 is 2.93 bits per heavy atom. The summed E-state index contributed by atoms with van der Waals surface area (Å²) in [6.07, 6.45) is 1.62. The SMILES string of the molecule is O=C(O[C@H]1CN[C@H](C#Cc2cc3c(Nc4ccc(OCc5cccc(F)c5)c(Cl)c4)ncnc3s2)C1)N1CCOCC1. The van der Waals surface area contributed by atoms with Crippen LogP contribution in [0, 0.1) is 17.7 Å². The normalized spacial score (nSPS) is 18.4. The minimum Gasteiger partial charge on any atom is -0.487 e. The van der Waals surface area contributed by atoms with Gasteiger partial charge in [0, 0.05) is 31.7 Å². The molecule has 0 radical (unpaired) electrons. The number of amides is 1. The summed E-state index contributed by atoms with van der Waals surface area (Å²) >= 11 is 7.95. The second kappa shape index (κ2) is 12.9. The number of nitrogens with one attached hydrogen (secondary N) is 2. The van der Waals surface area contributed by atoms with Gasteiger partial charge in [-0.15, -0.1) is 11.3 Å². The third-order valence-corrected chi connectivity index (χ3v) is 8.06. The first kappa shape index (κ1) is 28.2. The Hall–Kier alpha value is -3.95. The van der Waals surface area contributed by atoms with Crippen molar-refractivity contribution in [3.63, 3.8) is 0 Å². The molecule has 2 aliphatic rings. The number of aromatic nitrogens is 2. The summed E-state index contributed by atoms with van der Waals surface area (Å²) in [5.41, 5.74) is 1.44. The van der Waals surface area contributed by atoms with Crippen LogP contribution in [0.1, 0.15) is 16.9 Å². The van der Waals surface area contributed by atoms with Gasteiger partial charge in [0.05, 0.1) is 34.5 Å². The lowest BCUT2D eigenvalue weighted by molar-refractivity contribution is 0.0156. The standard InChI is InChI=1S/C30H27ClFN5O4S/c31-26-14-22(5-7-27(26)40-17-19-2-1-3-20(32)12-19)36-28-25-15-24(42-29(25)35-18-34-28)6-4-21-13-23(16-33-21)41-30(38)37-8-10-39-11-9-37/h1-3,5,7,12,14-15,18,21,23,33H,8-11,13,16-17H2,(H,34,35,36)/t21-,23-/m1/s1. The molecule has 0 aliphatic carbocycles. The molecule has 2 aromatic carbocycles. The van der Waals surface area contributed by atoms with Gasteiger partial charge in [0.2, 0.25) is 0 Å². The minimum absolute atomic E-state index is 0.0785. The number of anilines is 2. The van der Waals surface area contributed by atoms with Crippen molar-refractivity contribution in [2.75, 3.05) is 38.2 Å². The molecule has 2 fully saturated rings. The van der Waals surface area contributed by atoms with Crippen LogP contribution in [-0.4, -0.2) is 66.0 Å². The highest BCUT2D eigenvalue weighted by Gasteiger charge is 2.28. The Balaban J connectivity index is 1.07. The van der Waals surface area contributed by atoms with Crippen LogP contribution in [-0.2, 0) is 16.1 Å². The molecule has 6 rings (SSSR count). The van der Waals surface area contributed by atoms with E-state index in [2.05, 4.69) is 32.4 Å². The van der Waals surface area contributed by atoms with Crippen molar-refractivity contribution in [2.45, 2.75) is 25.2 Å². The number of hydrogen-bond donors (Lipinski definition) is 2. The predicted octanol–water partition coefficient (Wildman–Crippen LogP) is 5.36. The number of nitrogens with zero attached hydrogens (tertiary/aromatic N) is 3. The van der Waals surface area contributed by atoms with Crippen LogP contribution >= 0.6 is 22.9 Å². The number of carbonyl (C=O) groups excluding carboxylic acids is 1. The van der Waals surface area contributed by atoms with E-state index in [1.165, 1.54) is 29.8 Å². The van der Waals surface area contributed by atoms with Gasteiger partial charge in [-0.3, -0.25) is 5.32 Å². The zero-order valence-corrected chi connectivity index (χ0v) is 24.0. The molecular formula is C30H27ClFN5O4S. The molecule has 0 bridgehead atoms. The van der Waals surface area contributed by atoms with Gasteiger partial charge < -0.3 is 24.4 Å². The van der Waals surface area contributed by atoms with Gasteiger partial charge in [0.1, 0.15) is 41.3 Å². The van der Waals surface area contributed by atoms with Gasteiger partial charge in [0.25, 0.3) is 0 Å². The predicted molar refractivity (Wildman–Crippen MR) is 159 cm³/mol. The van der Waals surface area contributed by atoms with E-state index in [1.54, 1.807) is 29.2 Å². The molecule has 2 aliphatic heterocycles. The molecule has 2 aromatic heterocycles. The third kappa shape index (κ3) is 6.91. The van der Waals surface area contributed by atoms with Crippen LogP contribution in [0.3, 0.4) is 0 Å². The van der Waals surface area contributed by atoms with Crippen LogP contribution < -0.4 is 15.4 Å². The molecule has 216 valence electrons. The lowest BCUT2D eigenvalue weighted by atomic mass is 10.2. The van der Waals surface area contributed by atoms with Gasteiger partial charge in [-0.05, 0) is 42.0 Å². The summed E-state index contributed by atoms with van der Waals surface area (Å²) < 4.78 is 30.2. The van der Waals surface area contributed by atoms with E-state index in [0.29, 0.717) is 61.4 Å². The van der Waals surface area contributed by atoms with Crippen molar-refractivity contribution in [3.05, 3.63) is 76.1 Å². The molecule has 2 N–H and O–H groups in total. The maximum atomic E-state index is 13.4. The fraction of sp³-hybridized carbons (Fsp3) is 0.300. The van der Waals surface area contributed by atoms with E-state index < -0.39 is 0 Å². The van der Waals surface area contributed by atoms with Crippen LogP contribution in [0.4, 0.5) is 20.7 Å². The van der Waals surface area contributed by atoms with Gasteiger partial charge in [-0.2, -0.15) is 0 Å². The molecule has 1 amide bonds. The first-order chi connectivity index (χ1) is 20.5. The van der Waals surface area contributed by atoms with Crippen molar-refractivity contribution >= 4 is 50.8 Å². The van der Waals surface area contributed by atoms with Gasteiger partial charge in [-0.25, -0.2) is 19.2 Å². The summed E-state index contributed by atoms with van der Waals surface area (Å²) in [6, 6.07) is 13.5. The monoisotopic (exact) mass is 607 g/mol. The van der Waals surface area contributed by atoms with E-state index in [4.69, 9.17) is 25.8 Å². The van der Waals surface area contributed by atoms with Crippen LogP contribution in [0.2, 0.25) is 5.02 Å². The van der Waals surface area contributed by atoms with Crippen LogP contribution in [0.5, 0.6) is 5.75 Å². The van der Waals surface area contributed by atoms with E-state index in [9.17, 15) is 9.18 Å². The second-order valence-corrected chi connectivity index (χ2v) is 11.2. The highest BCUT2D eigenvalue weighted by Crippen LogP contribution is 2.33. The average Bonchev–Trinajstić information content (AvgIpc) is 3.63. The van der Waals surface area contributed by atoms with E-state index in [0.717, 1.165) is 20.8 Å². The molecule has 2 saturated heterocycles. The second-order valence-electron chi connectivity index (χ2n) is 9.81. The van der Waals surface area contributed by atoms with Gasteiger partial charge >= 0.3 is 6.09 Å². The maximum Gasteiger partial charge on any atom is 0.410 e. The lowest BCUT2D eigenvalue weighted by Gasteiger charge is -2.27. The number of benzene rings is 2. The van der Waals surface area contributed by atoms with Crippen LogP contribution in [0.15, 0.2) is 54.9 Å². The van der Waals surface area contributed by atoms with Crippen molar-refractivity contribution in [3.8, 4) is 17.6 Å². The maximum absolute atomic E-state index is 13.4. The zero-order chi connectivity index (χ0) is 28.9. The van der Waals surface area contributed by atoms with Crippen molar-refractivity contribution in [2.24, 2.45) is 0 Å². The van der Waals surface area contributed by atoms with Gasteiger partial charge in [-0.1, -0.05) is 35.6 Å². The topological polar surface area (TPSA) is 97.8 Å². The largest absolute Gasteiger partial charge is 0.487 e. The Labute approximate surface area is 251 Å². The number of morpholine rings is 1. The Bertz CT molecular complexity index is 1650. The molecule has 12 heteroatoms. The summed E-state index contributed by atoms with van der Waals surface area (Å²) in [6.45, 7) is 2.95. The number of rotatable bonds is 6. The fourth-order valence-corrected chi connectivity index (χ4v) is 5.76. The van der Waals surface area contributed by atoms with E-state index >= 15 is 0 Å². The summed E-state index contributed by atoms with van der Waals surface area (Å²) in [5, 5.41) is 7.88. The molecule has 9 nitrogen and oxygen atoms in total. The Morgan fingerprint density at radius 1 is 1.21 bits per heavy atom. The zero-order valence-electron chi connectivity index (χ0n) is 22.4. The number of fused-ring (bicyclic) bond motifs is 1. The molecule has 4 aromatic rings. The molecule has 0 saturated carbocycles. The molecule has 0 spiro atoms. The fourth-order valence-electron chi connectivity index (χ4n) is 4.66. The summed E-state index contributed by atoms with van der Waals surface area (Å²) in [5.74, 6) is 7.29. The Morgan fingerprint density at radius 2 is 2.10 bits per heavy atom. The number of hydrogen-bond acceptors (Lipinski definition) is 9. The summed E-state index contributed by atoms with van der Waals surface area (Å²) in [7, 11) is 0. The first-order valence-corrected chi connectivity index (χ1v) is 14.7. The smallest absolute Gasteiger partial charge is 0.410 e. The molecule has 4 heterocycles. The Kier molecular flexibility index (Phi) is 8.67. The minimum atomic E-state index is -0.313. The highest BCUT2D eigenvalue weighted by molar-refractivity contribution is 7.19. The van der Waals surface area contributed by atoms with Crippen molar-refractivity contribution in [1.29, 1.82) is 0 Å². The number of ether oxygens (including phenoxy) is 3. The first-order valence-electron chi connectivity index (χ1n) is 13.5. The quantitative estimate of drug-likeness (QED) is 0.283. The van der Waals surface area contributed by atoms with Crippen LogP contribution in [0.25, 0.3) is 10.2 Å². The van der Waals surface area contributed by atoms with Gasteiger partial charge in [0.15, 0.2) is 0 Å². The highest BCUT2D eigenvalue weighted by atomic mass is 35.5. The summed E-state index contributed by atoms with van der Waals surface area (Å²) in [4.78, 5) is 24.5. The number of halogens is 2. The average molecular weight is 608 g/mol. The van der Waals surface area contributed by atoms with Crippen molar-refractivity contribution < 1.29 is 23.4 Å². The molecule has 2 atom stereocenters. The van der Waals surface area contributed by atoms with E-state index in [-0.39, 0.29) is 30.7 Å². The lowest BCUT2D eigenvalue weighted by Crippen LogP contribution is -2.42. The molecular weight excluding hydrogens is 581 g/mol. The third-order valence-electron chi connectivity index (χ3n) is 6.80.